The van der Waals surface area contributed by atoms with E-state index in [1.54, 1.807) is 18.4 Å². The van der Waals surface area contributed by atoms with Gasteiger partial charge in [0, 0.05) is 18.0 Å². The van der Waals surface area contributed by atoms with Gasteiger partial charge in [0.2, 0.25) is 5.91 Å². The molecular weight excluding hydrogens is 248 g/mol. The van der Waals surface area contributed by atoms with Gasteiger partial charge in [-0.3, -0.25) is 10.1 Å². The fraction of sp³-hybridized carbons (Fsp3) is 0.308. The predicted octanol–water partition coefficient (Wildman–Crippen LogP) is 1.67. The van der Waals surface area contributed by atoms with Crippen molar-refractivity contribution >= 4 is 27.3 Å². The molecule has 2 N–H and O–H groups in total. The normalized spacial score (nSPS) is 19.8. The Kier molecular flexibility index (Phi) is 2.93. The fourth-order valence-electron chi connectivity index (χ4n) is 2.19. The molecule has 2 heterocycles. The second-order valence-corrected chi connectivity index (χ2v) is 5.29. The van der Waals surface area contributed by atoms with Crippen molar-refractivity contribution in [2.45, 2.75) is 6.04 Å². The summed E-state index contributed by atoms with van der Waals surface area (Å²) >= 11 is 1.61. The summed E-state index contributed by atoms with van der Waals surface area (Å²) in [6.07, 6.45) is 0. The van der Waals surface area contributed by atoms with Gasteiger partial charge in [0.05, 0.1) is 11.8 Å². The zero-order chi connectivity index (χ0) is 12.5. The lowest BCUT2D eigenvalue weighted by Gasteiger charge is -2.22. The third-order valence-corrected chi connectivity index (χ3v) is 4.30. The summed E-state index contributed by atoms with van der Waals surface area (Å²) in [5, 5.41) is 7.24. The first-order chi connectivity index (χ1) is 8.79. The molecule has 4 nitrogen and oxygen atoms in total. The molecule has 2 aromatic rings. The third-order valence-electron chi connectivity index (χ3n) is 3.07. The molecule has 5 heteroatoms. The summed E-state index contributed by atoms with van der Waals surface area (Å²) in [6.45, 7) is 1.51. The Hall–Kier alpha value is -1.59. The molecule has 3 rings (SSSR count). The van der Waals surface area contributed by atoms with Crippen LogP contribution in [-0.4, -0.2) is 26.1 Å². The highest BCUT2D eigenvalue weighted by molar-refractivity contribution is 7.19. The SMILES string of the molecule is COc1cccc2cc(C3NCCNC3=O)sc12. The molecule has 1 aromatic heterocycles. The van der Waals surface area contributed by atoms with Gasteiger partial charge in [-0.2, -0.15) is 0 Å². The van der Waals surface area contributed by atoms with Gasteiger partial charge in [-0.15, -0.1) is 11.3 Å². The van der Waals surface area contributed by atoms with E-state index in [0.717, 1.165) is 27.3 Å². The van der Waals surface area contributed by atoms with E-state index >= 15 is 0 Å². The number of hydrogen-bond donors (Lipinski definition) is 2. The number of thiophene rings is 1. The molecule has 0 saturated carbocycles. The second kappa shape index (κ2) is 4.59. The minimum atomic E-state index is -0.235. The molecule has 1 fully saturated rings. The highest BCUT2D eigenvalue weighted by Gasteiger charge is 2.25. The van der Waals surface area contributed by atoms with E-state index in [2.05, 4.69) is 16.7 Å². The van der Waals surface area contributed by atoms with Gasteiger partial charge in [-0.25, -0.2) is 0 Å². The first-order valence-electron chi connectivity index (χ1n) is 5.87. The fourth-order valence-corrected chi connectivity index (χ4v) is 3.41. The van der Waals surface area contributed by atoms with E-state index in [1.807, 2.05) is 18.2 Å². The first kappa shape index (κ1) is 11.5. The minimum Gasteiger partial charge on any atom is -0.495 e. The lowest BCUT2D eigenvalue weighted by molar-refractivity contribution is -0.124. The molecule has 0 bridgehead atoms. The molecule has 0 aliphatic carbocycles. The summed E-state index contributed by atoms with van der Waals surface area (Å²) in [5.41, 5.74) is 0. The van der Waals surface area contributed by atoms with Crippen LogP contribution in [-0.2, 0) is 4.79 Å². The summed E-state index contributed by atoms with van der Waals surface area (Å²) in [6, 6.07) is 7.77. The van der Waals surface area contributed by atoms with E-state index in [-0.39, 0.29) is 11.9 Å². The summed E-state index contributed by atoms with van der Waals surface area (Å²) in [5.74, 6) is 0.909. The van der Waals surface area contributed by atoms with Gasteiger partial charge in [0.25, 0.3) is 0 Å². The van der Waals surface area contributed by atoms with Crippen LogP contribution in [0.3, 0.4) is 0 Å². The molecule has 18 heavy (non-hydrogen) atoms. The van der Waals surface area contributed by atoms with E-state index in [9.17, 15) is 4.79 Å². The molecule has 1 amide bonds. The van der Waals surface area contributed by atoms with Crippen LogP contribution < -0.4 is 15.4 Å². The van der Waals surface area contributed by atoms with Gasteiger partial charge in [-0.05, 0) is 17.5 Å². The van der Waals surface area contributed by atoms with Crippen LogP contribution in [0.4, 0.5) is 0 Å². The number of methoxy groups -OCH3 is 1. The maximum Gasteiger partial charge on any atom is 0.242 e. The largest absolute Gasteiger partial charge is 0.495 e. The maximum atomic E-state index is 11.8. The lowest BCUT2D eigenvalue weighted by atomic mass is 10.1. The minimum absolute atomic E-state index is 0.0479. The number of hydrogen-bond acceptors (Lipinski definition) is 4. The number of rotatable bonds is 2. The van der Waals surface area contributed by atoms with Gasteiger partial charge < -0.3 is 10.1 Å². The number of carbonyl (C=O) groups is 1. The molecule has 1 atom stereocenters. The first-order valence-corrected chi connectivity index (χ1v) is 6.69. The van der Waals surface area contributed by atoms with Gasteiger partial charge >= 0.3 is 0 Å². The van der Waals surface area contributed by atoms with Crippen LogP contribution in [0, 0.1) is 0 Å². The Morgan fingerprint density at radius 3 is 3.06 bits per heavy atom. The third kappa shape index (κ3) is 1.85. The van der Waals surface area contributed by atoms with Crippen LogP contribution in [0.15, 0.2) is 24.3 Å². The van der Waals surface area contributed by atoms with Crippen molar-refractivity contribution in [2.75, 3.05) is 20.2 Å². The number of ether oxygens (including phenoxy) is 1. The summed E-state index contributed by atoms with van der Waals surface area (Å²) in [7, 11) is 1.67. The smallest absolute Gasteiger partial charge is 0.242 e. The van der Waals surface area contributed by atoms with E-state index in [1.165, 1.54) is 0 Å². The Bertz CT molecular complexity index is 594. The molecule has 94 valence electrons. The monoisotopic (exact) mass is 262 g/mol. The van der Waals surface area contributed by atoms with Crippen molar-refractivity contribution < 1.29 is 9.53 Å². The lowest BCUT2D eigenvalue weighted by Crippen LogP contribution is -2.46. The quantitative estimate of drug-likeness (QED) is 0.865. The average molecular weight is 262 g/mol. The van der Waals surface area contributed by atoms with Gasteiger partial charge in [0.15, 0.2) is 0 Å². The van der Waals surface area contributed by atoms with Crippen LogP contribution in [0.1, 0.15) is 10.9 Å². The highest BCUT2D eigenvalue weighted by atomic mass is 32.1. The Balaban J connectivity index is 2.05. The van der Waals surface area contributed by atoms with Crippen LogP contribution in [0.25, 0.3) is 10.1 Å². The number of piperazine rings is 1. The molecule has 1 aliphatic heterocycles. The molecule has 1 unspecified atom stereocenters. The highest BCUT2D eigenvalue weighted by Crippen LogP contribution is 2.36. The number of benzene rings is 1. The van der Waals surface area contributed by atoms with Crippen molar-refractivity contribution in [3.05, 3.63) is 29.1 Å². The Morgan fingerprint density at radius 2 is 2.28 bits per heavy atom. The van der Waals surface area contributed by atoms with Crippen molar-refractivity contribution in [3.8, 4) is 5.75 Å². The molecular formula is C13H14N2O2S. The van der Waals surface area contributed by atoms with E-state index in [4.69, 9.17) is 4.74 Å². The molecule has 1 aliphatic rings. The molecule has 1 aromatic carbocycles. The molecule has 0 spiro atoms. The summed E-state index contributed by atoms with van der Waals surface area (Å²) < 4.78 is 6.44. The van der Waals surface area contributed by atoms with Crippen molar-refractivity contribution in [2.24, 2.45) is 0 Å². The van der Waals surface area contributed by atoms with Gasteiger partial charge in [0.1, 0.15) is 11.8 Å². The van der Waals surface area contributed by atoms with Gasteiger partial charge in [-0.1, -0.05) is 12.1 Å². The topological polar surface area (TPSA) is 50.4 Å². The average Bonchev–Trinajstić information content (AvgIpc) is 2.82. The number of amides is 1. The van der Waals surface area contributed by atoms with Crippen molar-refractivity contribution in [1.82, 2.24) is 10.6 Å². The van der Waals surface area contributed by atoms with Crippen LogP contribution in [0.2, 0.25) is 0 Å². The summed E-state index contributed by atoms with van der Waals surface area (Å²) in [4.78, 5) is 12.9. The predicted molar refractivity (Wildman–Crippen MR) is 72.1 cm³/mol. The Labute approximate surface area is 109 Å². The van der Waals surface area contributed by atoms with Crippen molar-refractivity contribution in [3.63, 3.8) is 0 Å². The zero-order valence-corrected chi connectivity index (χ0v) is 10.8. The maximum absolute atomic E-state index is 11.8. The molecule has 0 radical (unpaired) electrons. The van der Waals surface area contributed by atoms with E-state index in [0.29, 0.717) is 6.54 Å². The van der Waals surface area contributed by atoms with E-state index < -0.39 is 0 Å². The number of carbonyl (C=O) groups excluding carboxylic acids is 1. The standard InChI is InChI=1S/C13H14N2O2S/c1-17-9-4-2-3-8-7-10(18-12(8)9)11-13(16)15-6-5-14-11/h2-4,7,11,14H,5-6H2,1H3,(H,15,16). The van der Waals surface area contributed by atoms with Crippen LogP contribution >= 0.6 is 11.3 Å². The zero-order valence-electron chi connectivity index (χ0n) is 10.0. The van der Waals surface area contributed by atoms with Crippen molar-refractivity contribution in [1.29, 1.82) is 0 Å². The number of nitrogens with one attached hydrogen (secondary N) is 2. The Morgan fingerprint density at radius 1 is 1.39 bits per heavy atom. The number of fused-ring (bicyclic) bond motifs is 1. The van der Waals surface area contributed by atoms with Crippen LogP contribution in [0.5, 0.6) is 5.75 Å². The molecule has 1 saturated heterocycles. The second-order valence-electron chi connectivity index (χ2n) is 4.21.